The summed E-state index contributed by atoms with van der Waals surface area (Å²) in [6, 6.07) is 13.6. The highest BCUT2D eigenvalue weighted by molar-refractivity contribution is 5.96. The van der Waals surface area contributed by atoms with E-state index in [-0.39, 0.29) is 30.2 Å². The van der Waals surface area contributed by atoms with Crippen molar-refractivity contribution in [1.82, 2.24) is 4.90 Å². The molecule has 3 rings (SSSR count). The van der Waals surface area contributed by atoms with Crippen molar-refractivity contribution in [2.24, 2.45) is 0 Å². The zero-order chi connectivity index (χ0) is 23.8. The molecule has 2 aromatic rings. The van der Waals surface area contributed by atoms with E-state index in [4.69, 9.17) is 14.2 Å². The van der Waals surface area contributed by atoms with Crippen molar-refractivity contribution in [2.75, 3.05) is 25.6 Å². The highest BCUT2D eigenvalue weighted by Crippen LogP contribution is 2.24. The number of piperidine rings is 1. The fourth-order valence-electron chi connectivity index (χ4n) is 3.97. The van der Waals surface area contributed by atoms with Gasteiger partial charge in [0.15, 0.2) is 13.2 Å². The smallest absolute Gasteiger partial charge is 0.338 e. The van der Waals surface area contributed by atoms with Gasteiger partial charge in [0, 0.05) is 12.1 Å². The van der Waals surface area contributed by atoms with Gasteiger partial charge in [0.1, 0.15) is 11.5 Å². The number of nitrogens with zero attached hydrogens (tertiary/aromatic N) is 1. The number of anilines is 1. The van der Waals surface area contributed by atoms with Crippen molar-refractivity contribution in [3.8, 4) is 11.5 Å². The number of methoxy groups -OCH3 is 1. The Morgan fingerprint density at radius 2 is 1.64 bits per heavy atom. The van der Waals surface area contributed by atoms with Crippen LogP contribution in [0.2, 0.25) is 0 Å². The highest BCUT2D eigenvalue weighted by Gasteiger charge is 2.29. The molecule has 0 radical (unpaired) electrons. The minimum atomic E-state index is -0.635. The molecule has 0 spiro atoms. The molecule has 2 atom stereocenters. The maximum atomic E-state index is 12.6. The predicted molar refractivity (Wildman–Crippen MR) is 123 cm³/mol. The Bertz CT molecular complexity index is 965. The second-order valence-electron chi connectivity index (χ2n) is 8.07. The molecule has 0 aliphatic carbocycles. The van der Waals surface area contributed by atoms with Crippen LogP contribution in [0.3, 0.4) is 0 Å². The molecule has 1 aliphatic heterocycles. The van der Waals surface area contributed by atoms with Gasteiger partial charge in [-0.1, -0.05) is 12.1 Å². The van der Waals surface area contributed by atoms with Crippen molar-refractivity contribution < 1.29 is 28.6 Å². The number of likely N-dealkylation sites (tertiary alicyclic amines) is 1. The second kappa shape index (κ2) is 11.4. The van der Waals surface area contributed by atoms with Crippen molar-refractivity contribution in [2.45, 2.75) is 45.2 Å². The molecule has 1 fully saturated rings. The monoisotopic (exact) mass is 454 g/mol. The summed E-state index contributed by atoms with van der Waals surface area (Å²) in [6.45, 7) is 3.63. The van der Waals surface area contributed by atoms with Crippen LogP contribution in [-0.4, -0.2) is 55.1 Å². The summed E-state index contributed by atoms with van der Waals surface area (Å²) in [4.78, 5) is 38.8. The largest absolute Gasteiger partial charge is 0.495 e. The third-order valence-corrected chi connectivity index (χ3v) is 5.65. The number of ether oxygens (including phenoxy) is 3. The van der Waals surface area contributed by atoms with E-state index in [9.17, 15) is 14.4 Å². The molecule has 1 N–H and O–H groups in total. The number of rotatable bonds is 8. The number of carbonyl (C=O) groups excluding carboxylic acids is 3. The lowest BCUT2D eigenvalue weighted by molar-refractivity contribution is -0.139. The molecule has 8 nitrogen and oxygen atoms in total. The number of benzene rings is 2. The average molecular weight is 455 g/mol. The Balaban J connectivity index is 1.46. The Labute approximate surface area is 193 Å². The van der Waals surface area contributed by atoms with Gasteiger partial charge in [-0.05, 0) is 69.5 Å². The maximum absolute atomic E-state index is 12.6. The van der Waals surface area contributed by atoms with E-state index in [1.54, 1.807) is 36.4 Å². The summed E-state index contributed by atoms with van der Waals surface area (Å²) >= 11 is 0. The molecule has 176 valence electrons. The summed E-state index contributed by atoms with van der Waals surface area (Å²) < 4.78 is 15.9. The first-order chi connectivity index (χ1) is 15.9. The fraction of sp³-hybridized carbons (Fsp3) is 0.400. The van der Waals surface area contributed by atoms with Gasteiger partial charge in [0.05, 0.1) is 18.4 Å². The van der Waals surface area contributed by atoms with Crippen LogP contribution in [0.15, 0.2) is 48.5 Å². The molecule has 2 aromatic carbocycles. The number of nitrogens with one attached hydrogen (secondary N) is 1. The zero-order valence-electron chi connectivity index (χ0n) is 19.2. The third-order valence-electron chi connectivity index (χ3n) is 5.65. The molecule has 0 aromatic heterocycles. The topological polar surface area (TPSA) is 94.2 Å². The third kappa shape index (κ3) is 6.47. The van der Waals surface area contributed by atoms with Gasteiger partial charge in [0.25, 0.3) is 11.8 Å². The summed E-state index contributed by atoms with van der Waals surface area (Å²) in [5, 5.41) is 2.64. The predicted octanol–water partition coefficient (Wildman–Crippen LogP) is 3.66. The number of para-hydroxylation sites is 2. The number of amides is 2. The molecular formula is C25H30N2O6. The van der Waals surface area contributed by atoms with Crippen molar-refractivity contribution in [1.29, 1.82) is 0 Å². The van der Waals surface area contributed by atoms with Gasteiger partial charge >= 0.3 is 5.97 Å². The molecule has 8 heteroatoms. The normalized spacial score (nSPS) is 17.7. The standard InChI is InChI=1S/C25H30N2O6/c1-17-7-6-8-18(2)27(17)24(29)16-32-20-13-11-19(12-14-20)25(30)33-15-23(28)26-21-9-4-5-10-22(21)31-3/h4-5,9-14,17-18H,6-8,15-16H2,1-3H3,(H,26,28)/t17-,18-/m0/s1. The van der Waals surface area contributed by atoms with Crippen molar-refractivity contribution >= 4 is 23.5 Å². The Morgan fingerprint density at radius 3 is 2.30 bits per heavy atom. The van der Waals surface area contributed by atoms with Crippen molar-refractivity contribution in [3.63, 3.8) is 0 Å². The van der Waals surface area contributed by atoms with E-state index >= 15 is 0 Å². The lowest BCUT2D eigenvalue weighted by atomic mass is 9.97. The van der Waals surface area contributed by atoms with Crippen LogP contribution in [-0.2, 0) is 14.3 Å². The van der Waals surface area contributed by atoms with Crippen LogP contribution in [0, 0.1) is 0 Å². The van der Waals surface area contributed by atoms with Gasteiger partial charge in [-0.25, -0.2) is 4.79 Å². The van der Waals surface area contributed by atoms with Gasteiger partial charge < -0.3 is 24.4 Å². The van der Waals surface area contributed by atoms with E-state index < -0.39 is 18.5 Å². The van der Waals surface area contributed by atoms with E-state index in [2.05, 4.69) is 19.2 Å². The molecular weight excluding hydrogens is 424 g/mol. The highest BCUT2D eigenvalue weighted by atomic mass is 16.5. The quantitative estimate of drug-likeness (QED) is 0.612. The van der Waals surface area contributed by atoms with E-state index in [0.29, 0.717) is 17.2 Å². The SMILES string of the molecule is COc1ccccc1NC(=O)COC(=O)c1ccc(OCC(=O)N2[C@@H](C)CCC[C@@H]2C)cc1. The number of carbonyl (C=O) groups is 3. The molecule has 0 saturated carbocycles. The van der Waals surface area contributed by atoms with Gasteiger partial charge in [-0.2, -0.15) is 0 Å². The molecule has 1 aliphatic rings. The molecule has 1 heterocycles. The van der Waals surface area contributed by atoms with E-state index in [0.717, 1.165) is 19.3 Å². The zero-order valence-corrected chi connectivity index (χ0v) is 19.2. The van der Waals surface area contributed by atoms with Gasteiger partial charge in [0.2, 0.25) is 0 Å². The summed E-state index contributed by atoms with van der Waals surface area (Å²) in [6.07, 6.45) is 3.14. The summed E-state index contributed by atoms with van der Waals surface area (Å²) in [7, 11) is 1.50. The van der Waals surface area contributed by atoms with Crippen molar-refractivity contribution in [3.05, 3.63) is 54.1 Å². The first-order valence-corrected chi connectivity index (χ1v) is 11.0. The number of hydrogen-bond donors (Lipinski definition) is 1. The molecule has 33 heavy (non-hydrogen) atoms. The van der Waals surface area contributed by atoms with E-state index in [1.807, 2.05) is 4.90 Å². The summed E-state index contributed by atoms with van der Waals surface area (Å²) in [5.41, 5.74) is 0.766. The van der Waals surface area contributed by atoms with E-state index in [1.165, 1.54) is 19.2 Å². The Morgan fingerprint density at radius 1 is 0.970 bits per heavy atom. The van der Waals surface area contributed by atoms with Crippen LogP contribution in [0.5, 0.6) is 11.5 Å². The van der Waals surface area contributed by atoms with Crippen LogP contribution < -0.4 is 14.8 Å². The molecule has 2 amide bonds. The minimum Gasteiger partial charge on any atom is -0.495 e. The molecule has 1 saturated heterocycles. The summed E-state index contributed by atoms with van der Waals surface area (Å²) in [5.74, 6) is -0.169. The maximum Gasteiger partial charge on any atom is 0.338 e. The average Bonchev–Trinajstić information content (AvgIpc) is 2.82. The van der Waals surface area contributed by atoms with Gasteiger partial charge in [-0.3, -0.25) is 9.59 Å². The van der Waals surface area contributed by atoms with Crippen LogP contribution in [0.25, 0.3) is 0 Å². The lowest BCUT2D eigenvalue weighted by Gasteiger charge is -2.38. The Hall–Kier alpha value is -3.55. The number of hydrogen-bond acceptors (Lipinski definition) is 6. The van der Waals surface area contributed by atoms with Crippen LogP contribution in [0.4, 0.5) is 5.69 Å². The second-order valence-corrected chi connectivity index (χ2v) is 8.07. The van der Waals surface area contributed by atoms with Gasteiger partial charge in [-0.15, -0.1) is 0 Å². The lowest BCUT2D eigenvalue weighted by Crippen LogP contribution is -2.49. The first kappa shape index (κ1) is 24.1. The van der Waals surface area contributed by atoms with Crippen LogP contribution in [0.1, 0.15) is 43.5 Å². The first-order valence-electron chi connectivity index (χ1n) is 11.0. The molecule has 0 bridgehead atoms. The van der Waals surface area contributed by atoms with Crippen LogP contribution >= 0.6 is 0 Å². The minimum absolute atomic E-state index is 0.0424. The Kier molecular flexibility index (Phi) is 8.29. The fourth-order valence-corrected chi connectivity index (χ4v) is 3.97. The number of esters is 1. The molecule has 0 unspecified atom stereocenters.